The molecule has 0 spiro atoms. The van der Waals surface area contributed by atoms with E-state index in [2.05, 4.69) is 0 Å². The number of fused-ring (bicyclic) bond motifs is 1. The van der Waals surface area contributed by atoms with Crippen LogP contribution in [0.3, 0.4) is 0 Å². The number of methoxy groups -OCH3 is 2. The molecule has 156 valence electrons. The van der Waals surface area contributed by atoms with Gasteiger partial charge in [0.05, 0.1) is 14.2 Å². The Bertz CT molecular complexity index is 1180. The lowest BCUT2D eigenvalue weighted by Gasteiger charge is -2.21. The maximum absolute atomic E-state index is 13.2. The Labute approximate surface area is 183 Å². The number of carbonyl (C=O) groups is 2. The monoisotopic (exact) mass is 436 g/mol. The predicted molar refractivity (Wildman–Crippen MR) is 114 cm³/mol. The van der Waals surface area contributed by atoms with E-state index in [1.165, 1.54) is 12.1 Å². The maximum Gasteiger partial charge on any atom is 0.233 e. The van der Waals surface area contributed by atoms with Crippen LogP contribution in [0.5, 0.6) is 23.0 Å². The second-order valence-electron chi connectivity index (χ2n) is 6.56. The van der Waals surface area contributed by atoms with Crippen LogP contribution in [0.1, 0.15) is 20.7 Å². The predicted octanol–water partition coefficient (Wildman–Crippen LogP) is 5.11. The largest absolute Gasteiger partial charge is 0.497 e. The van der Waals surface area contributed by atoms with Crippen molar-refractivity contribution in [1.29, 1.82) is 0 Å². The van der Waals surface area contributed by atoms with Crippen LogP contribution >= 0.6 is 11.6 Å². The van der Waals surface area contributed by atoms with Crippen LogP contribution in [0.2, 0.25) is 5.02 Å². The molecule has 0 heterocycles. The van der Waals surface area contributed by atoms with Crippen LogP contribution in [0.4, 0.5) is 0 Å². The van der Waals surface area contributed by atoms with Crippen molar-refractivity contribution in [3.05, 3.63) is 94.4 Å². The Morgan fingerprint density at radius 1 is 0.581 bits per heavy atom. The van der Waals surface area contributed by atoms with E-state index in [9.17, 15) is 9.59 Å². The van der Waals surface area contributed by atoms with Gasteiger partial charge in [-0.2, -0.15) is 0 Å². The topological polar surface area (TPSA) is 71.1 Å². The summed E-state index contributed by atoms with van der Waals surface area (Å²) in [6.07, 6.45) is 0. The highest BCUT2D eigenvalue weighted by atomic mass is 35.5. The second kappa shape index (κ2) is 8.53. The van der Waals surface area contributed by atoms with Gasteiger partial charge in [0, 0.05) is 16.1 Å². The lowest BCUT2D eigenvalue weighted by Crippen LogP contribution is -2.27. The fourth-order valence-electron chi connectivity index (χ4n) is 3.06. The molecular formula is C24H17ClO6. The minimum Gasteiger partial charge on any atom is -0.497 e. The number of Topliss-reactive ketones (excluding diaryl/α,β-unsaturated/α-hetero) is 2. The minimum absolute atomic E-state index is 0.156. The molecule has 31 heavy (non-hydrogen) atoms. The van der Waals surface area contributed by atoms with Crippen molar-refractivity contribution in [3.8, 4) is 23.0 Å². The SMILES string of the molecule is COc1ccc(OC2=C(Oc3ccc(OC)cc3)C(=O)c3cc(Cl)ccc3C2=O)cc1. The third kappa shape index (κ3) is 4.11. The van der Waals surface area contributed by atoms with Crippen LogP contribution in [0, 0.1) is 0 Å². The van der Waals surface area contributed by atoms with E-state index in [-0.39, 0.29) is 22.6 Å². The third-order valence-electron chi connectivity index (χ3n) is 4.65. The fraction of sp³-hybridized carbons (Fsp3) is 0.0833. The van der Waals surface area contributed by atoms with E-state index in [1.54, 1.807) is 68.8 Å². The van der Waals surface area contributed by atoms with Gasteiger partial charge in [-0.25, -0.2) is 0 Å². The lowest BCUT2D eigenvalue weighted by molar-refractivity contribution is 0.0897. The lowest BCUT2D eigenvalue weighted by atomic mass is 9.92. The summed E-state index contributed by atoms with van der Waals surface area (Å²) >= 11 is 6.05. The molecule has 0 radical (unpaired) electrons. The van der Waals surface area contributed by atoms with Crippen LogP contribution in [0.25, 0.3) is 0 Å². The van der Waals surface area contributed by atoms with Crippen molar-refractivity contribution in [2.45, 2.75) is 0 Å². The molecule has 6 nitrogen and oxygen atoms in total. The molecule has 0 unspecified atom stereocenters. The molecule has 3 aromatic carbocycles. The van der Waals surface area contributed by atoms with Gasteiger partial charge in [-0.3, -0.25) is 9.59 Å². The summed E-state index contributed by atoms with van der Waals surface area (Å²) in [7, 11) is 3.09. The van der Waals surface area contributed by atoms with Gasteiger partial charge in [0.25, 0.3) is 0 Å². The number of ketones is 2. The first-order valence-electron chi connectivity index (χ1n) is 9.27. The highest BCUT2D eigenvalue weighted by molar-refractivity contribution is 6.32. The Hall–Kier alpha value is -3.77. The van der Waals surface area contributed by atoms with Crippen molar-refractivity contribution in [2.75, 3.05) is 14.2 Å². The van der Waals surface area contributed by atoms with E-state index in [4.69, 9.17) is 30.5 Å². The third-order valence-corrected chi connectivity index (χ3v) is 4.88. The number of halogens is 1. The molecule has 0 fully saturated rings. The molecule has 7 heteroatoms. The number of ether oxygens (including phenoxy) is 4. The summed E-state index contributed by atoms with van der Waals surface area (Å²) < 4.78 is 21.9. The molecular weight excluding hydrogens is 420 g/mol. The molecule has 1 aliphatic carbocycles. The zero-order valence-corrected chi connectivity index (χ0v) is 17.4. The van der Waals surface area contributed by atoms with E-state index in [1.807, 2.05) is 0 Å². The van der Waals surface area contributed by atoms with Crippen molar-refractivity contribution < 1.29 is 28.5 Å². The van der Waals surface area contributed by atoms with Crippen LogP contribution in [0.15, 0.2) is 78.2 Å². The van der Waals surface area contributed by atoms with Crippen molar-refractivity contribution in [2.24, 2.45) is 0 Å². The molecule has 0 saturated carbocycles. The Balaban J connectivity index is 1.77. The number of benzene rings is 3. The van der Waals surface area contributed by atoms with E-state index < -0.39 is 11.6 Å². The van der Waals surface area contributed by atoms with Gasteiger partial charge in [-0.15, -0.1) is 0 Å². The van der Waals surface area contributed by atoms with E-state index in [0.29, 0.717) is 28.0 Å². The zero-order chi connectivity index (χ0) is 22.0. The summed E-state index contributed by atoms with van der Waals surface area (Å²) in [6, 6.07) is 17.7. The minimum atomic E-state index is -0.503. The van der Waals surface area contributed by atoms with Gasteiger partial charge in [-0.1, -0.05) is 11.6 Å². The second-order valence-corrected chi connectivity index (χ2v) is 7.00. The van der Waals surface area contributed by atoms with Crippen LogP contribution < -0.4 is 18.9 Å². The van der Waals surface area contributed by atoms with Crippen LogP contribution in [-0.2, 0) is 0 Å². The quantitative estimate of drug-likeness (QED) is 0.535. The first-order valence-corrected chi connectivity index (χ1v) is 9.65. The molecule has 0 N–H and O–H groups in total. The molecule has 0 amide bonds. The number of hydrogen-bond donors (Lipinski definition) is 0. The van der Waals surface area contributed by atoms with Gasteiger partial charge in [0.2, 0.25) is 23.1 Å². The standard InChI is InChI=1S/C24H17ClO6/c1-28-15-4-8-17(9-5-15)30-23-21(26)19-12-3-14(25)13-20(19)22(27)24(23)31-18-10-6-16(29-2)7-11-18/h3-13H,1-2H3. The first kappa shape index (κ1) is 20.5. The normalized spacial score (nSPS) is 13.0. The smallest absolute Gasteiger partial charge is 0.233 e. The summed E-state index contributed by atoms with van der Waals surface area (Å²) in [5.74, 6) is 0.535. The van der Waals surface area contributed by atoms with Gasteiger partial charge in [0.1, 0.15) is 23.0 Å². The highest BCUT2D eigenvalue weighted by Crippen LogP contribution is 2.32. The van der Waals surface area contributed by atoms with Gasteiger partial charge in [-0.05, 0) is 66.7 Å². The molecule has 0 aromatic heterocycles. The fourth-order valence-corrected chi connectivity index (χ4v) is 3.23. The number of allylic oxidation sites excluding steroid dienone is 2. The summed E-state index contributed by atoms with van der Waals surface area (Å²) in [4.78, 5) is 26.4. The maximum atomic E-state index is 13.2. The number of carbonyl (C=O) groups excluding carboxylic acids is 2. The molecule has 3 aromatic rings. The summed E-state index contributed by atoms with van der Waals surface area (Å²) in [5.41, 5.74) is 0.350. The van der Waals surface area contributed by atoms with Gasteiger partial charge < -0.3 is 18.9 Å². The molecule has 0 saturated heterocycles. The van der Waals surface area contributed by atoms with Crippen molar-refractivity contribution in [1.82, 2.24) is 0 Å². The van der Waals surface area contributed by atoms with Gasteiger partial charge >= 0.3 is 0 Å². The Kier molecular flexibility index (Phi) is 5.64. The Morgan fingerprint density at radius 3 is 1.45 bits per heavy atom. The van der Waals surface area contributed by atoms with E-state index >= 15 is 0 Å². The van der Waals surface area contributed by atoms with Crippen LogP contribution in [-0.4, -0.2) is 25.8 Å². The molecule has 0 bridgehead atoms. The molecule has 1 aliphatic rings. The van der Waals surface area contributed by atoms with Crippen molar-refractivity contribution in [3.63, 3.8) is 0 Å². The molecule has 0 aliphatic heterocycles. The summed E-state index contributed by atoms with van der Waals surface area (Å²) in [6.45, 7) is 0. The number of hydrogen-bond acceptors (Lipinski definition) is 6. The molecule has 0 atom stereocenters. The zero-order valence-electron chi connectivity index (χ0n) is 16.7. The van der Waals surface area contributed by atoms with Gasteiger partial charge in [0.15, 0.2) is 0 Å². The average Bonchev–Trinajstić information content (AvgIpc) is 2.80. The first-order chi connectivity index (χ1) is 15.0. The molecule has 4 rings (SSSR count). The highest BCUT2D eigenvalue weighted by Gasteiger charge is 2.36. The number of rotatable bonds is 6. The average molecular weight is 437 g/mol. The Morgan fingerprint density at radius 2 is 1.00 bits per heavy atom. The van der Waals surface area contributed by atoms with E-state index in [0.717, 1.165) is 0 Å². The van der Waals surface area contributed by atoms with Crippen molar-refractivity contribution >= 4 is 23.2 Å². The summed E-state index contributed by atoms with van der Waals surface area (Å²) in [5, 5.41) is 0.336.